The van der Waals surface area contributed by atoms with Crippen molar-refractivity contribution in [2.24, 2.45) is 0 Å². The van der Waals surface area contributed by atoms with E-state index in [1.807, 2.05) is 0 Å². The van der Waals surface area contributed by atoms with E-state index in [4.69, 9.17) is 39.9 Å². The summed E-state index contributed by atoms with van der Waals surface area (Å²) < 4.78 is -0.750. The molecule has 0 aromatic heterocycles. The van der Waals surface area contributed by atoms with E-state index in [0.717, 1.165) is 7.11 Å². The van der Waals surface area contributed by atoms with Crippen molar-refractivity contribution in [3.05, 3.63) is 0 Å². The molecule has 1 N–H and O–H groups in total. The molecule has 0 aromatic carbocycles. The Balaban J connectivity index is -0.000000118. The van der Waals surface area contributed by atoms with Gasteiger partial charge in [-0.25, -0.2) is 0 Å². The quantitative estimate of drug-likeness (QED) is 0.577. The van der Waals surface area contributed by atoms with Crippen molar-refractivity contribution in [3.8, 4) is 0 Å². The molecule has 0 amide bonds. The zero-order chi connectivity index (χ0) is 10.4. The fraction of sp³-hybridized carbons (Fsp3) is 1.00. The number of hydrogen-bond acceptors (Lipinski definition) is 1. The lowest BCUT2D eigenvalue weighted by Gasteiger charge is -1.86. The van der Waals surface area contributed by atoms with Crippen molar-refractivity contribution in [3.63, 3.8) is 0 Å². The Bertz CT molecular complexity index is 44.8. The minimum Gasteiger partial charge on any atom is -0.400 e. The Morgan fingerprint density at radius 1 is 0.917 bits per heavy atom. The van der Waals surface area contributed by atoms with E-state index in [1.165, 1.54) is 25.7 Å². The van der Waals surface area contributed by atoms with Gasteiger partial charge in [0.1, 0.15) is 0 Å². The minimum atomic E-state index is -0.750. The van der Waals surface area contributed by atoms with Crippen LogP contribution in [0.5, 0.6) is 0 Å². The van der Waals surface area contributed by atoms with Crippen molar-refractivity contribution in [2.75, 3.05) is 7.11 Å². The second-order valence-electron chi connectivity index (χ2n) is 1.95. The molecule has 0 aliphatic rings. The standard InChI is InChI=1S/C6H14.CHCl3.CH4O/c1-3-5-6-4-2;2-1(3)4;1-2/h3-6H2,1-2H3;1H;2H,1H3. The molecule has 12 heavy (non-hydrogen) atoms. The number of halogens is 3. The third-order valence-corrected chi connectivity index (χ3v) is 0.957. The maximum Gasteiger partial charge on any atom is 0.180 e. The van der Waals surface area contributed by atoms with Crippen LogP contribution in [0.4, 0.5) is 0 Å². The van der Waals surface area contributed by atoms with Gasteiger partial charge in [0.15, 0.2) is 4.30 Å². The molecule has 78 valence electrons. The van der Waals surface area contributed by atoms with Gasteiger partial charge in [-0.15, -0.1) is 0 Å². The third kappa shape index (κ3) is 71.3. The number of hydrogen-bond donors (Lipinski definition) is 1. The summed E-state index contributed by atoms with van der Waals surface area (Å²) in [6, 6.07) is 0. The molecule has 0 bridgehead atoms. The summed E-state index contributed by atoms with van der Waals surface area (Å²) in [6.45, 7) is 4.46. The van der Waals surface area contributed by atoms with Crippen molar-refractivity contribution >= 4 is 34.8 Å². The van der Waals surface area contributed by atoms with E-state index in [0.29, 0.717) is 0 Å². The predicted octanol–water partition coefficient (Wildman–Crippen LogP) is 4.18. The van der Waals surface area contributed by atoms with Crippen molar-refractivity contribution in [1.29, 1.82) is 0 Å². The van der Waals surface area contributed by atoms with Crippen LogP contribution in [0, 0.1) is 0 Å². The SMILES string of the molecule is CCCCCC.CO.ClC(Cl)Cl. The molecule has 0 atom stereocenters. The highest BCUT2D eigenvalue weighted by atomic mass is 35.6. The highest BCUT2D eigenvalue weighted by molar-refractivity contribution is 6.63. The van der Waals surface area contributed by atoms with Gasteiger partial charge in [-0.2, -0.15) is 0 Å². The van der Waals surface area contributed by atoms with E-state index in [-0.39, 0.29) is 0 Å². The average molecular weight is 238 g/mol. The molecule has 0 aliphatic heterocycles. The molecule has 0 radical (unpaired) electrons. The van der Waals surface area contributed by atoms with E-state index >= 15 is 0 Å². The second-order valence-corrected chi connectivity index (χ2v) is 3.93. The maximum absolute atomic E-state index is 7.00. The predicted molar refractivity (Wildman–Crippen MR) is 59.3 cm³/mol. The van der Waals surface area contributed by atoms with Crippen LogP contribution in [0.2, 0.25) is 0 Å². The zero-order valence-corrected chi connectivity index (χ0v) is 10.3. The summed E-state index contributed by atoms with van der Waals surface area (Å²) in [4.78, 5) is 0. The zero-order valence-electron chi connectivity index (χ0n) is 7.99. The molecule has 0 saturated heterocycles. The molecule has 0 unspecified atom stereocenters. The summed E-state index contributed by atoms with van der Waals surface area (Å²) in [5.41, 5.74) is 0. The molecule has 0 rings (SSSR count). The minimum absolute atomic E-state index is 0.750. The van der Waals surface area contributed by atoms with Gasteiger partial charge in [-0.3, -0.25) is 0 Å². The second kappa shape index (κ2) is 22.6. The first kappa shape index (κ1) is 18.6. The van der Waals surface area contributed by atoms with Crippen LogP contribution >= 0.6 is 34.8 Å². The molecule has 4 heteroatoms. The van der Waals surface area contributed by atoms with Gasteiger partial charge in [-0.1, -0.05) is 74.3 Å². The molecular formula is C8H19Cl3O. The van der Waals surface area contributed by atoms with Gasteiger partial charge in [0, 0.05) is 7.11 Å². The van der Waals surface area contributed by atoms with Crippen LogP contribution in [0.25, 0.3) is 0 Å². The first-order valence-electron chi connectivity index (χ1n) is 4.02. The first-order chi connectivity index (χ1) is 5.65. The normalized spacial score (nSPS) is 8.00. The van der Waals surface area contributed by atoms with Crippen molar-refractivity contribution in [1.82, 2.24) is 0 Å². The Kier molecular flexibility index (Phi) is 35.0. The molecule has 1 nitrogen and oxygen atoms in total. The molecule has 0 aliphatic carbocycles. The molecule has 0 aromatic rings. The molecule has 0 spiro atoms. The van der Waals surface area contributed by atoms with Crippen LogP contribution in [-0.2, 0) is 0 Å². The number of aliphatic hydroxyl groups excluding tert-OH is 1. The third-order valence-electron chi connectivity index (χ3n) is 0.957. The van der Waals surface area contributed by atoms with Crippen LogP contribution < -0.4 is 0 Å². The number of rotatable bonds is 3. The Labute approximate surface area is 91.0 Å². The molecule has 0 saturated carbocycles. The van der Waals surface area contributed by atoms with E-state index < -0.39 is 4.30 Å². The monoisotopic (exact) mass is 236 g/mol. The molecule has 0 heterocycles. The number of unbranched alkanes of at least 4 members (excludes halogenated alkanes) is 3. The summed E-state index contributed by atoms with van der Waals surface area (Å²) >= 11 is 14.4. The molecule has 0 fully saturated rings. The topological polar surface area (TPSA) is 20.2 Å². The summed E-state index contributed by atoms with van der Waals surface area (Å²) in [5, 5.41) is 7.00. The van der Waals surface area contributed by atoms with E-state index in [9.17, 15) is 0 Å². The Morgan fingerprint density at radius 2 is 1.08 bits per heavy atom. The van der Waals surface area contributed by atoms with Gasteiger partial charge >= 0.3 is 0 Å². The summed E-state index contributed by atoms with van der Waals surface area (Å²) in [5.74, 6) is 0. The lowest BCUT2D eigenvalue weighted by molar-refractivity contribution is 0.399. The Hall–Kier alpha value is 0.830. The molecular weight excluding hydrogens is 218 g/mol. The van der Waals surface area contributed by atoms with Crippen LogP contribution in [-0.4, -0.2) is 16.5 Å². The lowest BCUT2D eigenvalue weighted by Crippen LogP contribution is -1.66. The maximum atomic E-state index is 7.00. The fourth-order valence-corrected chi connectivity index (χ4v) is 0.500. The van der Waals surface area contributed by atoms with E-state index in [2.05, 4.69) is 13.8 Å². The van der Waals surface area contributed by atoms with Crippen molar-refractivity contribution < 1.29 is 5.11 Å². The van der Waals surface area contributed by atoms with Crippen LogP contribution in [0.1, 0.15) is 39.5 Å². The van der Waals surface area contributed by atoms with Gasteiger partial charge in [-0.05, 0) is 0 Å². The van der Waals surface area contributed by atoms with Gasteiger partial charge in [0.25, 0.3) is 0 Å². The van der Waals surface area contributed by atoms with Gasteiger partial charge in [0.05, 0.1) is 0 Å². The summed E-state index contributed by atoms with van der Waals surface area (Å²) in [6.07, 6.45) is 5.54. The highest BCUT2D eigenvalue weighted by Crippen LogP contribution is 2.03. The van der Waals surface area contributed by atoms with Crippen LogP contribution in [0.3, 0.4) is 0 Å². The van der Waals surface area contributed by atoms with Crippen LogP contribution in [0.15, 0.2) is 0 Å². The lowest BCUT2D eigenvalue weighted by atomic mass is 10.2. The highest BCUT2D eigenvalue weighted by Gasteiger charge is 1.79. The van der Waals surface area contributed by atoms with E-state index in [1.54, 1.807) is 0 Å². The fourth-order valence-electron chi connectivity index (χ4n) is 0.500. The summed E-state index contributed by atoms with van der Waals surface area (Å²) in [7, 11) is 1.00. The first-order valence-corrected chi connectivity index (χ1v) is 5.33. The number of aliphatic hydroxyl groups is 1. The van der Waals surface area contributed by atoms with Gasteiger partial charge < -0.3 is 5.11 Å². The smallest absolute Gasteiger partial charge is 0.180 e. The largest absolute Gasteiger partial charge is 0.400 e. The average Bonchev–Trinajstić information content (AvgIpc) is 2.04. The van der Waals surface area contributed by atoms with Crippen molar-refractivity contribution in [2.45, 2.75) is 43.8 Å². The Morgan fingerprint density at radius 3 is 1.17 bits per heavy atom. The van der Waals surface area contributed by atoms with Gasteiger partial charge in [0.2, 0.25) is 0 Å². The number of alkyl halides is 3.